The minimum atomic E-state index is 0. The second-order valence-electron chi connectivity index (χ2n) is 2.66. The van der Waals surface area contributed by atoms with Gasteiger partial charge in [0.1, 0.15) is 0 Å². The van der Waals surface area contributed by atoms with E-state index in [-0.39, 0.29) is 12.4 Å². The van der Waals surface area contributed by atoms with Gasteiger partial charge in [-0.1, -0.05) is 31.9 Å². The molecule has 0 saturated carbocycles. The van der Waals surface area contributed by atoms with Gasteiger partial charge in [-0.25, -0.2) is 0 Å². The van der Waals surface area contributed by atoms with Gasteiger partial charge in [0.15, 0.2) is 0 Å². The molecule has 1 fully saturated rings. The Hall–Kier alpha value is 1.17. The molecule has 74 valence electrons. The first kappa shape index (κ1) is 13.2. The molecule has 1 saturated heterocycles. The summed E-state index contributed by atoms with van der Waals surface area (Å²) in [4.78, 5) is 2.99. The molecule has 1 unspecified atom stereocenters. The number of nitrogens with zero attached hydrogens (tertiary/aromatic N) is 1. The topological polar surface area (TPSA) is 12.5 Å². The summed E-state index contributed by atoms with van der Waals surface area (Å²) in [5.41, 5.74) is 0. The Labute approximate surface area is 96.7 Å². The van der Waals surface area contributed by atoms with Crippen molar-refractivity contribution in [3.05, 3.63) is 0 Å². The van der Waals surface area contributed by atoms with Crippen LogP contribution in [0, 0.1) is 0 Å². The van der Waals surface area contributed by atoms with Gasteiger partial charge in [-0.05, 0) is 0 Å². The van der Waals surface area contributed by atoms with Crippen LogP contribution in [0.1, 0.15) is 0 Å². The van der Waals surface area contributed by atoms with E-state index in [1.807, 2.05) is 0 Å². The molecule has 0 spiro atoms. The molecule has 2 nitrogen and oxygen atoms in total. The fourth-order valence-corrected chi connectivity index (χ4v) is 1.73. The second kappa shape index (κ2) is 7.56. The summed E-state index contributed by atoms with van der Waals surface area (Å²) in [5, 5.41) is 1.02. The van der Waals surface area contributed by atoms with Crippen molar-refractivity contribution in [2.45, 2.75) is 4.83 Å². The van der Waals surface area contributed by atoms with Crippen molar-refractivity contribution in [2.24, 2.45) is 0 Å². The smallest absolute Gasteiger partial charge is 0.0594 e. The minimum Gasteiger partial charge on any atom is -0.379 e. The Morgan fingerprint density at radius 2 is 1.92 bits per heavy atom. The Morgan fingerprint density at radius 3 is 2.42 bits per heavy atom. The molecule has 1 aliphatic heterocycles. The first-order valence-corrected chi connectivity index (χ1v) is 5.87. The van der Waals surface area contributed by atoms with Gasteiger partial charge in [0.05, 0.1) is 13.2 Å². The summed E-state index contributed by atoms with van der Waals surface area (Å²) in [6.07, 6.45) is 0. The molecule has 5 heteroatoms. The first-order valence-electron chi connectivity index (χ1n) is 3.83. The van der Waals surface area contributed by atoms with Crippen LogP contribution in [0.5, 0.6) is 0 Å². The third-order valence-corrected chi connectivity index (χ3v) is 3.99. The average molecular weight is 323 g/mol. The van der Waals surface area contributed by atoms with Crippen molar-refractivity contribution in [1.29, 1.82) is 0 Å². The molecule has 1 heterocycles. The lowest BCUT2D eigenvalue weighted by atomic mass is 10.4. The molecule has 0 bridgehead atoms. The number of ether oxygens (including phenoxy) is 1. The van der Waals surface area contributed by atoms with E-state index in [0.717, 1.165) is 38.2 Å². The van der Waals surface area contributed by atoms with Gasteiger partial charge in [-0.2, -0.15) is 0 Å². The van der Waals surface area contributed by atoms with Crippen molar-refractivity contribution in [2.75, 3.05) is 38.2 Å². The van der Waals surface area contributed by atoms with Crippen molar-refractivity contribution >= 4 is 44.3 Å². The molecule has 0 amide bonds. The van der Waals surface area contributed by atoms with Gasteiger partial charge in [-0.15, -0.1) is 12.4 Å². The van der Waals surface area contributed by atoms with Gasteiger partial charge in [0, 0.05) is 29.8 Å². The maximum Gasteiger partial charge on any atom is 0.0594 e. The largest absolute Gasteiger partial charge is 0.379 e. The number of alkyl halides is 2. The zero-order chi connectivity index (χ0) is 8.10. The van der Waals surface area contributed by atoms with E-state index in [9.17, 15) is 0 Å². The van der Waals surface area contributed by atoms with E-state index in [1.165, 1.54) is 0 Å². The molecule has 1 atom stereocenters. The van der Waals surface area contributed by atoms with E-state index in [2.05, 4.69) is 36.8 Å². The number of hydrogen-bond acceptors (Lipinski definition) is 2. The summed E-state index contributed by atoms with van der Waals surface area (Å²) < 4.78 is 5.25. The monoisotopic (exact) mass is 321 g/mol. The molecule has 0 aliphatic carbocycles. The second-order valence-corrected chi connectivity index (χ2v) is 4.61. The lowest BCUT2D eigenvalue weighted by Gasteiger charge is -2.27. The predicted molar refractivity (Wildman–Crippen MR) is 61.0 cm³/mol. The maximum atomic E-state index is 5.25. The highest BCUT2D eigenvalue weighted by Crippen LogP contribution is 2.07. The number of halogens is 3. The summed E-state index contributed by atoms with van der Waals surface area (Å²) in [6, 6.07) is 0. The Kier molecular flexibility index (Phi) is 8.30. The first-order chi connectivity index (χ1) is 5.33. The van der Waals surface area contributed by atoms with Gasteiger partial charge >= 0.3 is 0 Å². The van der Waals surface area contributed by atoms with Gasteiger partial charge < -0.3 is 4.74 Å². The van der Waals surface area contributed by atoms with Crippen LogP contribution in [0.3, 0.4) is 0 Å². The highest BCUT2D eigenvalue weighted by Gasteiger charge is 2.13. The van der Waals surface area contributed by atoms with Crippen molar-refractivity contribution < 1.29 is 4.74 Å². The van der Waals surface area contributed by atoms with Gasteiger partial charge in [0.2, 0.25) is 0 Å². The van der Waals surface area contributed by atoms with Gasteiger partial charge in [-0.3, -0.25) is 4.90 Å². The molecule has 0 radical (unpaired) electrons. The summed E-state index contributed by atoms with van der Waals surface area (Å²) in [6.45, 7) is 5.06. The molecule has 0 N–H and O–H groups in total. The molecule has 1 rings (SSSR count). The molecule has 12 heavy (non-hydrogen) atoms. The van der Waals surface area contributed by atoms with Crippen molar-refractivity contribution in [3.8, 4) is 0 Å². The van der Waals surface area contributed by atoms with E-state index < -0.39 is 0 Å². The SMILES string of the molecule is BrCC(Br)CN1CCOCC1.Cl. The Bertz CT molecular complexity index is 112. The molecule has 0 aromatic heterocycles. The van der Waals surface area contributed by atoms with Gasteiger partial charge in [0.25, 0.3) is 0 Å². The van der Waals surface area contributed by atoms with Crippen LogP contribution in [-0.4, -0.2) is 47.9 Å². The molecule has 0 aromatic rings. The molecular weight excluding hydrogens is 309 g/mol. The van der Waals surface area contributed by atoms with E-state index in [4.69, 9.17) is 4.74 Å². The van der Waals surface area contributed by atoms with Crippen LogP contribution in [0.2, 0.25) is 0 Å². The van der Waals surface area contributed by atoms with Crippen LogP contribution < -0.4 is 0 Å². The third kappa shape index (κ3) is 5.02. The lowest BCUT2D eigenvalue weighted by molar-refractivity contribution is 0.0390. The quantitative estimate of drug-likeness (QED) is 0.736. The Morgan fingerprint density at radius 1 is 1.33 bits per heavy atom. The molecule has 0 aromatic carbocycles. The highest BCUT2D eigenvalue weighted by molar-refractivity contribution is 9.12. The number of rotatable bonds is 3. The van der Waals surface area contributed by atoms with E-state index >= 15 is 0 Å². The third-order valence-electron chi connectivity index (χ3n) is 1.73. The van der Waals surface area contributed by atoms with E-state index in [1.54, 1.807) is 0 Å². The van der Waals surface area contributed by atoms with Crippen LogP contribution in [-0.2, 0) is 4.74 Å². The highest BCUT2D eigenvalue weighted by atomic mass is 79.9. The normalized spacial score (nSPS) is 21.5. The average Bonchev–Trinajstić information content (AvgIpc) is 2.06. The zero-order valence-corrected chi connectivity index (χ0v) is 10.8. The number of hydrogen-bond donors (Lipinski definition) is 0. The fraction of sp³-hybridized carbons (Fsp3) is 1.00. The summed E-state index contributed by atoms with van der Waals surface area (Å²) in [5.74, 6) is 0. The van der Waals surface area contributed by atoms with Crippen LogP contribution in [0.25, 0.3) is 0 Å². The number of morpholine rings is 1. The molecule has 1 aliphatic rings. The van der Waals surface area contributed by atoms with Crippen molar-refractivity contribution in [3.63, 3.8) is 0 Å². The van der Waals surface area contributed by atoms with Crippen molar-refractivity contribution in [1.82, 2.24) is 4.90 Å². The molecular formula is C7H14Br2ClNO. The summed E-state index contributed by atoms with van der Waals surface area (Å²) >= 11 is 7.02. The minimum absolute atomic E-state index is 0. The van der Waals surface area contributed by atoms with Crippen LogP contribution in [0.4, 0.5) is 0 Å². The van der Waals surface area contributed by atoms with E-state index in [0.29, 0.717) is 4.83 Å². The standard InChI is InChI=1S/C7H13Br2NO.ClH/c8-5-7(9)6-10-1-3-11-4-2-10;/h7H,1-6H2;1H. The fourth-order valence-electron chi connectivity index (χ4n) is 1.11. The summed E-state index contributed by atoms with van der Waals surface area (Å²) in [7, 11) is 0. The van der Waals surface area contributed by atoms with Crippen LogP contribution >= 0.6 is 44.3 Å². The zero-order valence-electron chi connectivity index (χ0n) is 6.84. The maximum absolute atomic E-state index is 5.25. The lowest BCUT2D eigenvalue weighted by Crippen LogP contribution is -2.39. The van der Waals surface area contributed by atoms with Crippen LogP contribution in [0.15, 0.2) is 0 Å². The predicted octanol–water partition coefficient (Wildman–Crippen LogP) is 1.90. The Balaban J connectivity index is 0.00000121.